The van der Waals surface area contributed by atoms with Crippen LogP contribution in [0.2, 0.25) is 0 Å². The van der Waals surface area contributed by atoms with Crippen LogP contribution in [0.3, 0.4) is 0 Å². The molecule has 43 heavy (non-hydrogen) atoms. The molecule has 4 heteroatoms. The van der Waals surface area contributed by atoms with E-state index in [1.807, 2.05) is 5.57 Å². The van der Waals surface area contributed by atoms with Crippen molar-refractivity contribution in [3.8, 4) is 11.5 Å². The van der Waals surface area contributed by atoms with Crippen molar-refractivity contribution in [2.24, 2.45) is 50.2 Å². The molecule has 1 aromatic rings. The summed E-state index contributed by atoms with van der Waals surface area (Å²) < 4.78 is 6.18. The topological polar surface area (TPSA) is 66.8 Å². The van der Waals surface area contributed by atoms with Gasteiger partial charge >= 0.3 is 5.97 Å². The van der Waals surface area contributed by atoms with E-state index in [1.54, 1.807) is 12.1 Å². The fourth-order valence-corrected chi connectivity index (χ4v) is 12.0. The number of phenolic OH excluding ortho intramolecular Hbond substituents is 2. The lowest BCUT2D eigenvalue weighted by Crippen LogP contribution is -2.63. The zero-order chi connectivity index (χ0) is 31.2. The number of rotatable bonds is 3. The Morgan fingerprint density at radius 3 is 2.19 bits per heavy atom. The van der Waals surface area contributed by atoms with E-state index >= 15 is 0 Å². The number of carbonyl (C=O) groups excluding carboxylic acids is 1. The van der Waals surface area contributed by atoms with Gasteiger partial charge in [-0.2, -0.15) is 0 Å². The molecule has 0 radical (unpaired) electrons. The van der Waals surface area contributed by atoms with Gasteiger partial charge in [0.25, 0.3) is 0 Å². The molecule has 4 nitrogen and oxygen atoms in total. The molecule has 1 aromatic carbocycles. The zero-order valence-corrected chi connectivity index (χ0v) is 28.1. The predicted octanol–water partition coefficient (Wildman–Crippen LogP) is 9.84. The number of hydrogen-bond acceptors (Lipinski definition) is 4. The number of ether oxygens (including phenoxy) is 1. The number of phenols is 2. The van der Waals surface area contributed by atoms with E-state index in [-0.39, 0.29) is 39.8 Å². The molecule has 0 aliphatic heterocycles. The van der Waals surface area contributed by atoms with Gasteiger partial charge in [0.1, 0.15) is 6.10 Å². The standard InChI is InChI=1S/C39H56O4/c1-34(2)21-22-36(5)17-13-29-38(7)18-14-28-35(3,4)32(43-33(42)12-10-25-9-11-26(40)27(41)23-25)16-20-37(28,6)30(38)15-19-39(29,8)31(36)24-34/h9-13,23,28,30-32,40-41H,14-22,24H2,1-8H3/b12-10+/t28-,30+,31+,32-,36-,37-,38-,39+/m0/s1. The molecule has 8 atom stereocenters. The number of hydrogen-bond donors (Lipinski definition) is 2. The molecule has 0 spiro atoms. The average Bonchev–Trinajstić information content (AvgIpc) is 2.91. The fraction of sp³-hybridized carbons (Fsp3) is 0.718. The lowest BCUT2D eigenvalue weighted by molar-refractivity contribution is -0.197. The van der Waals surface area contributed by atoms with Crippen LogP contribution in [-0.2, 0) is 9.53 Å². The van der Waals surface area contributed by atoms with Crippen LogP contribution in [0.1, 0.15) is 125 Å². The summed E-state index contributed by atoms with van der Waals surface area (Å²) in [5, 5.41) is 19.4. The maximum Gasteiger partial charge on any atom is 0.331 e. The highest BCUT2D eigenvalue weighted by Crippen LogP contribution is 2.75. The molecule has 0 aromatic heterocycles. The maximum absolute atomic E-state index is 13.0. The molecule has 5 aliphatic carbocycles. The van der Waals surface area contributed by atoms with Gasteiger partial charge in [-0.05, 0) is 133 Å². The molecule has 2 N–H and O–H groups in total. The van der Waals surface area contributed by atoms with Crippen LogP contribution < -0.4 is 0 Å². The largest absolute Gasteiger partial charge is 0.504 e. The van der Waals surface area contributed by atoms with E-state index in [4.69, 9.17) is 4.74 Å². The third kappa shape index (κ3) is 4.71. The minimum atomic E-state index is -0.339. The van der Waals surface area contributed by atoms with Crippen LogP contribution in [0, 0.1) is 50.2 Å². The van der Waals surface area contributed by atoms with E-state index in [1.165, 1.54) is 69.6 Å². The van der Waals surface area contributed by atoms with Crippen molar-refractivity contribution in [3.63, 3.8) is 0 Å². The van der Waals surface area contributed by atoms with Gasteiger partial charge < -0.3 is 14.9 Å². The fourth-order valence-electron chi connectivity index (χ4n) is 12.0. The van der Waals surface area contributed by atoms with Gasteiger partial charge in [0.05, 0.1) is 0 Å². The van der Waals surface area contributed by atoms with Crippen molar-refractivity contribution < 1.29 is 19.7 Å². The molecular weight excluding hydrogens is 532 g/mol. The number of carbonyl (C=O) groups is 1. The second kappa shape index (κ2) is 9.88. The van der Waals surface area contributed by atoms with E-state index < -0.39 is 0 Å². The monoisotopic (exact) mass is 588 g/mol. The lowest BCUT2D eigenvalue weighted by Gasteiger charge is -2.70. The second-order valence-electron chi connectivity index (χ2n) is 17.8. The van der Waals surface area contributed by atoms with Crippen LogP contribution in [0.15, 0.2) is 35.9 Å². The Balaban J connectivity index is 1.22. The predicted molar refractivity (Wildman–Crippen MR) is 173 cm³/mol. The lowest BCUT2D eigenvalue weighted by atomic mass is 9.34. The van der Waals surface area contributed by atoms with Crippen molar-refractivity contribution in [3.05, 3.63) is 41.5 Å². The van der Waals surface area contributed by atoms with Crippen molar-refractivity contribution >= 4 is 12.0 Å². The number of benzene rings is 1. The van der Waals surface area contributed by atoms with Crippen LogP contribution in [0.25, 0.3) is 6.08 Å². The summed E-state index contributed by atoms with van der Waals surface area (Å²) in [6, 6.07) is 4.54. The molecule has 0 saturated heterocycles. The third-order valence-corrected chi connectivity index (χ3v) is 14.4. The van der Waals surface area contributed by atoms with Gasteiger partial charge in [0.2, 0.25) is 0 Å². The maximum atomic E-state index is 13.0. The Morgan fingerprint density at radius 1 is 0.814 bits per heavy atom. The van der Waals surface area contributed by atoms with Gasteiger partial charge in [-0.1, -0.05) is 73.1 Å². The van der Waals surface area contributed by atoms with Crippen molar-refractivity contribution in [2.45, 2.75) is 126 Å². The first-order valence-corrected chi connectivity index (χ1v) is 17.1. The van der Waals surface area contributed by atoms with Crippen LogP contribution in [0.5, 0.6) is 11.5 Å². The van der Waals surface area contributed by atoms with Gasteiger partial charge in [-0.25, -0.2) is 4.79 Å². The highest BCUT2D eigenvalue weighted by atomic mass is 16.5. The molecule has 0 heterocycles. The summed E-state index contributed by atoms with van der Waals surface area (Å²) >= 11 is 0. The Hall–Kier alpha value is -2.23. The van der Waals surface area contributed by atoms with Crippen LogP contribution >= 0.6 is 0 Å². The highest BCUT2D eigenvalue weighted by molar-refractivity contribution is 5.87. The quantitative estimate of drug-likeness (QED) is 0.160. The average molecular weight is 589 g/mol. The Morgan fingerprint density at radius 2 is 1.49 bits per heavy atom. The molecule has 0 amide bonds. The first-order valence-electron chi connectivity index (χ1n) is 17.1. The van der Waals surface area contributed by atoms with Gasteiger partial charge in [0.15, 0.2) is 11.5 Å². The van der Waals surface area contributed by atoms with Gasteiger partial charge in [0, 0.05) is 11.5 Å². The zero-order valence-electron chi connectivity index (χ0n) is 28.1. The summed E-state index contributed by atoms with van der Waals surface area (Å²) in [6.45, 7) is 20.2. The van der Waals surface area contributed by atoms with E-state index in [0.29, 0.717) is 33.6 Å². The first-order chi connectivity index (χ1) is 19.9. The SMILES string of the molecule is CC1(C)CC[C@]2(C)CC=C3[C@]4(C)CC[C@H]5C(C)(C)[C@@H](OC(=O)/C=C/c6ccc(O)c(O)c6)CC[C@]5(C)[C@H]4CC[C@@]3(C)[C@@H]2C1. The smallest absolute Gasteiger partial charge is 0.331 e. The van der Waals surface area contributed by atoms with Crippen molar-refractivity contribution in [1.29, 1.82) is 0 Å². The first kappa shape index (κ1) is 30.8. The summed E-state index contributed by atoms with van der Waals surface area (Å²) in [5.74, 6) is 1.24. The molecule has 5 aliphatic rings. The molecule has 236 valence electrons. The molecular formula is C39H56O4. The second-order valence-corrected chi connectivity index (χ2v) is 17.8. The highest BCUT2D eigenvalue weighted by Gasteiger charge is 2.67. The Bertz CT molecular complexity index is 1350. The minimum absolute atomic E-state index is 0.109. The van der Waals surface area contributed by atoms with Gasteiger partial charge in [-0.3, -0.25) is 0 Å². The summed E-state index contributed by atoms with van der Waals surface area (Å²) in [6.07, 6.45) is 18.1. The van der Waals surface area contributed by atoms with Crippen molar-refractivity contribution in [2.75, 3.05) is 0 Å². The summed E-state index contributed by atoms with van der Waals surface area (Å²) in [5.41, 5.74) is 4.02. The van der Waals surface area contributed by atoms with Crippen LogP contribution in [-0.4, -0.2) is 22.3 Å². The number of fused-ring (bicyclic) bond motifs is 7. The molecule has 0 unspecified atom stereocenters. The molecule has 0 bridgehead atoms. The Kier molecular flexibility index (Phi) is 7.08. The molecule has 4 saturated carbocycles. The van der Waals surface area contributed by atoms with E-state index in [9.17, 15) is 15.0 Å². The minimum Gasteiger partial charge on any atom is -0.504 e. The normalized spacial score (nSPS) is 43.0. The Labute approximate surface area is 260 Å². The van der Waals surface area contributed by atoms with Crippen molar-refractivity contribution in [1.82, 2.24) is 0 Å². The molecule has 4 fully saturated rings. The number of allylic oxidation sites excluding steroid dienone is 2. The number of aromatic hydroxyl groups is 2. The van der Waals surface area contributed by atoms with E-state index in [2.05, 4.69) is 61.5 Å². The summed E-state index contributed by atoms with van der Waals surface area (Å²) in [4.78, 5) is 13.0. The van der Waals surface area contributed by atoms with E-state index in [0.717, 1.165) is 18.8 Å². The summed E-state index contributed by atoms with van der Waals surface area (Å²) in [7, 11) is 0. The van der Waals surface area contributed by atoms with Gasteiger partial charge in [-0.15, -0.1) is 0 Å². The number of esters is 1. The third-order valence-electron chi connectivity index (χ3n) is 14.4. The molecule has 6 rings (SSSR count). The van der Waals surface area contributed by atoms with Crippen LogP contribution in [0.4, 0.5) is 0 Å².